The van der Waals surface area contributed by atoms with Crippen LogP contribution in [0.1, 0.15) is 46.0 Å². The highest BCUT2D eigenvalue weighted by molar-refractivity contribution is 6.12. The molecule has 11 rings (SSSR count). The molecule has 6 atom stereocenters. The number of hydrogen-bond acceptors (Lipinski definition) is 12. The molecule has 7 aromatic rings. The zero-order chi connectivity index (χ0) is 45.5. The summed E-state index contributed by atoms with van der Waals surface area (Å²) in [5.74, 6) is 4.80. The van der Waals surface area contributed by atoms with E-state index in [0.717, 1.165) is 22.2 Å². The molecule has 2 aromatic heterocycles. The van der Waals surface area contributed by atoms with E-state index >= 15 is 14.4 Å². The maximum Gasteiger partial charge on any atom is 0.324 e. The van der Waals surface area contributed by atoms with Gasteiger partial charge in [-0.25, -0.2) is 14.6 Å². The van der Waals surface area contributed by atoms with Crippen molar-refractivity contribution in [3.63, 3.8) is 0 Å². The van der Waals surface area contributed by atoms with Crippen molar-refractivity contribution in [3.8, 4) is 17.6 Å². The van der Waals surface area contributed by atoms with Crippen LogP contribution in [0.3, 0.4) is 0 Å². The van der Waals surface area contributed by atoms with E-state index in [1.54, 1.807) is 34.1 Å². The van der Waals surface area contributed by atoms with Crippen molar-refractivity contribution in [2.75, 3.05) is 49.6 Å². The fraction of sp³-hybridized carbons (Fsp3) is 0.250. The topological polar surface area (TPSA) is 168 Å². The highest BCUT2D eigenvalue weighted by Gasteiger charge is 2.74. The lowest BCUT2D eigenvalue weighted by Crippen LogP contribution is -2.58. The quantitative estimate of drug-likeness (QED) is 0.143. The van der Waals surface area contributed by atoms with E-state index in [0.29, 0.717) is 47.2 Å². The summed E-state index contributed by atoms with van der Waals surface area (Å²) >= 11 is 0. The average molecular weight is 892 g/mol. The highest BCUT2D eigenvalue weighted by atomic mass is 16.6. The minimum absolute atomic E-state index is 0.0295. The Balaban J connectivity index is 1.12. The van der Waals surface area contributed by atoms with Crippen LogP contribution in [0.25, 0.3) is 11.0 Å². The van der Waals surface area contributed by atoms with Gasteiger partial charge in [-0.05, 0) is 59.2 Å². The summed E-state index contributed by atoms with van der Waals surface area (Å²) in [7, 11) is 0. The van der Waals surface area contributed by atoms with E-state index in [2.05, 4.69) is 42.3 Å². The monoisotopic (exact) mass is 891 g/mol. The summed E-state index contributed by atoms with van der Waals surface area (Å²) < 4.78 is 14.7. The van der Waals surface area contributed by atoms with Crippen LogP contribution in [0.4, 0.5) is 11.6 Å². The Morgan fingerprint density at radius 2 is 1.54 bits per heavy atom. The van der Waals surface area contributed by atoms with Crippen LogP contribution in [0, 0.1) is 17.8 Å². The van der Waals surface area contributed by atoms with E-state index in [1.807, 2.05) is 126 Å². The van der Waals surface area contributed by atoms with Crippen molar-refractivity contribution in [3.05, 3.63) is 174 Å². The molecule has 6 heterocycles. The lowest BCUT2D eigenvalue weighted by molar-refractivity contribution is -0.179. The number of rotatable bonds is 9. The maximum absolute atomic E-state index is 16.0. The molecule has 67 heavy (non-hydrogen) atoms. The summed E-state index contributed by atoms with van der Waals surface area (Å²) in [4.78, 5) is 62.0. The lowest BCUT2D eigenvalue weighted by Gasteiger charge is -2.46. The van der Waals surface area contributed by atoms with Gasteiger partial charge in [-0.1, -0.05) is 108 Å². The molecule has 6 unspecified atom stereocenters. The van der Waals surface area contributed by atoms with Gasteiger partial charge in [0.1, 0.15) is 42.0 Å². The van der Waals surface area contributed by atoms with Gasteiger partial charge in [0.05, 0.1) is 30.1 Å². The third-order valence-electron chi connectivity index (χ3n) is 13.4. The molecule has 334 valence electrons. The van der Waals surface area contributed by atoms with Crippen LogP contribution in [0.2, 0.25) is 0 Å². The van der Waals surface area contributed by atoms with Gasteiger partial charge in [0, 0.05) is 55.4 Å². The van der Waals surface area contributed by atoms with Crippen LogP contribution in [0.15, 0.2) is 146 Å². The molecular formula is C52H45N9O6. The molecular weight excluding hydrogens is 847 g/mol. The van der Waals surface area contributed by atoms with Gasteiger partial charge in [0.25, 0.3) is 0 Å². The number of hydrogen-bond donors (Lipinski definition) is 2. The van der Waals surface area contributed by atoms with Crippen molar-refractivity contribution < 1.29 is 29.0 Å². The van der Waals surface area contributed by atoms with Crippen molar-refractivity contribution >= 4 is 40.5 Å². The molecule has 5 aromatic carbocycles. The maximum atomic E-state index is 16.0. The first kappa shape index (κ1) is 41.8. The molecule has 3 saturated heterocycles. The molecule has 0 saturated carbocycles. The number of esters is 1. The molecule has 3 fully saturated rings. The van der Waals surface area contributed by atoms with Crippen molar-refractivity contribution in [2.45, 2.75) is 36.2 Å². The van der Waals surface area contributed by atoms with Crippen LogP contribution >= 0.6 is 0 Å². The number of benzene rings is 5. The Morgan fingerprint density at radius 1 is 0.821 bits per heavy atom. The Bertz CT molecular complexity index is 3040. The van der Waals surface area contributed by atoms with E-state index in [1.165, 1.54) is 0 Å². The SMILES string of the molecule is O=C1OC(c2ccccc2)C(c2ccccc2)N2C1C(C(=O)N1CCN(c3ncccn3)CC1)C1(C(=O)Nc3ccc(C#CCn4nnc5ccccc54)cc31)C2c1ccccc1OCCO. The van der Waals surface area contributed by atoms with E-state index in [-0.39, 0.29) is 38.8 Å². The van der Waals surface area contributed by atoms with Crippen LogP contribution < -0.4 is 15.0 Å². The summed E-state index contributed by atoms with van der Waals surface area (Å²) in [6.45, 7) is 1.40. The van der Waals surface area contributed by atoms with Crippen molar-refractivity contribution in [2.24, 2.45) is 5.92 Å². The van der Waals surface area contributed by atoms with Crippen molar-refractivity contribution in [1.82, 2.24) is 34.8 Å². The van der Waals surface area contributed by atoms with Gasteiger partial charge in [-0.3, -0.25) is 19.3 Å². The minimum Gasteiger partial charge on any atom is -0.491 e. The third kappa shape index (κ3) is 7.13. The van der Waals surface area contributed by atoms with Crippen LogP contribution in [-0.4, -0.2) is 103 Å². The van der Waals surface area contributed by atoms with Gasteiger partial charge in [-0.15, -0.1) is 5.10 Å². The minimum atomic E-state index is -1.76. The van der Waals surface area contributed by atoms with Gasteiger partial charge >= 0.3 is 5.97 Å². The summed E-state index contributed by atoms with van der Waals surface area (Å²) in [6.07, 6.45) is 2.53. The molecule has 4 aliphatic heterocycles. The number of carbonyl (C=O) groups is 3. The number of carbonyl (C=O) groups excluding carboxylic acids is 3. The fourth-order valence-corrected chi connectivity index (χ4v) is 10.6. The van der Waals surface area contributed by atoms with Gasteiger partial charge in [0.2, 0.25) is 17.8 Å². The first-order valence-corrected chi connectivity index (χ1v) is 22.4. The van der Waals surface area contributed by atoms with Crippen molar-refractivity contribution in [1.29, 1.82) is 0 Å². The number of fused-ring (bicyclic) bond motifs is 4. The molecule has 2 amide bonds. The van der Waals surface area contributed by atoms with E-state index in [9.17, 15) is 5.11 Å². The zero-order valence-corrected chi connectivity index (χ0v) is 36.3. The number of cyclic esters (lactones) is 1. The van der Waals surface area contributed by atoms with Crippen LogP contribution in [-0.2, 0) is 31.1 Å². The number of para-hydroxylation sites is 2. The average Bonchev–Trinajstić information content (AvgIpc) is 4.03. The number of anilines is 2. The number of amides is 2. The number of nitrogens with one attached hydrogen (secondary N) is 1. The smallest absolute Gasteiger partial charge is 0.324 e. The van der Waals surface area contributed by atoms with Crippen LogP contribution in [0.5, 0.6) is 5.75 Å². The van der Waals surface area contributed by atoms with Gasteiger partial charge < -0.3 is 29.7 Å². The Hall–Kier alpha value is -7.93. The largest absolute Gasteiger partial charge is 0.491 e. The number of aliphatic hydroxyl groups is 1. The Kier molecular flexibility index (Phi) is 10.9. The second kappa shape index (κ2) is 17.5. The standard InChI is InChI=1S/C52H45N9O6/c62-31-32-66-42-21-10-7-18-37(42)47-52(38-33-34(22-23-39(38)55-50(52)65)13-11-26-60-41-20-9-8-19-40(41)56-57-60)43(48(63)58-27-29-59(30-28-58)51-53-24-12-25-54-51)45-49(64)67-46(36-16-5-2-6-17-36)44(61(45)47)35-14-3-1-4-15-35/h1-10,12,14-25,33,43-47,62H,26-32H2,(H,55,65). The molecule has 0 aliphatic carbocycles. The molecule has 4 aliphatic rings. The fourth-order valence-electron chi connectivity index (χ4n) is 10.6. The number of piperazine rings is 1. The van der Waals surface area contributed by atoms with E-state index < -0.39 is 47.4 Å². The molecule has 0 bridgehead atoms. The predicted molar refractivity (Wildman–Crippen MR) is 247 cm³/mol. The predicted octanol–water partition coefficient (Wildman–Crippen LogP) is 5.26. The number of aliphatic hydroxyl groups excluding tert-OH is 1. The van der Waals surface area contributed by atoms with Gasteiger partial charge in [-0.2, -0.15) is 0 Å². The highest BCUT2D eigenvalue weighted by Crippen LogP contribution is 2.66. The second-order valence-corrected chi connectivity index (χ2v) is 17.0. The van der Waals surface area contributed by atoms with E-state index in [4.69, 9.17) is 9.47 Å². The number of ether oxygens (including phenoxy) is 2. The third-order valence-corrected chi connectivity index (χ3v) is 13.4. The summed E-state index contributed by atoms with van der Waals surface area (Å²) in [5.41, 5.74) is 3.62. The lowest BCUT2D eigenvalue weighted by atomic mass is 9.64. The molecule has 0 radical (unpaired) electrons. The molecule has 2 N–H and O–H groups in total. The van der Waals surface area contributed by atoms with Gasteiger partial charge in [0.15, 0.2) is 0 Å². The molecule has 15 heteroatoms. The number of aromatic nitrogens is 5. The number of morpholine rings is 1. The molecule has 1 spiro atoms. The first-order chi connectivity index (χ1) is 32.9. The zero-order valence-electron chi connectivity index (χ0n) is 36.3. The number of nitrogens with zero attached hydrogens (tertiary/aromatic N) is 8. The second-order valence-electron chi connectivity index (χ2n) is 17.0. The molecule has 15 nitrogen and oxygen atoms in total. The summed E-state index contributed by atoms with van der Waals surface area (Å²) in [6, 6.07) is 38.7. The summed E-state index contributed by atoms with van der Waals surface area (Å²) in [5, 5.41) is 21.8. The first-order valence-electron chi connectivity index (χ1n) is 22.4. The normalized spacial score (nSPS) is 23.3. The Morgan fingerprint density at radius 3 is 2.31 bits per heavy atom. The Labute approximate surface area is 386 Å².